The van der Waals surface area contributed by atoms with Gasteiger partial charge < -0.3 is 10.4 Å². The molecule has 104 valence electrons. The molecule has 1 rings (SSSR count). The summed E-state index contributed by atoms with van der Waals surface area (Å²) in [5, 5.41) is 11.4. The Morgan fingerprint density at radius 2 is 1.83 bits per heavy atom. The number of amides is 1. The van der Waals surface area contributed by atoms with Crippen LogP contribution in [0.25, 0.3) is 0 Å². The van der Waals surface area contributed by atoms with Crippen LogP contribution in [0.1, 0.15) is 25.7 Å². The molecular weight excluding hydrogens is 271 g/mol. The highest BCUT2D eigenvalue weighted by Crippen LogP contribution is 2.28. The lowest BCUT2D eigenvalue weighted by atomic mass is 9.92. The fourth-order valence-corrected chi connectivity index (χ4v) is 2.89. The Balaban J connectivity index is 2.56. The summed E-state index contributed by atoms with van der Waals surface area (Å²) in [6.45, 7) is 0. The van der Waals surface area contributed by atoms with E-state index in [9.17, 15) is 22.8 Å². The van der Waals surface area contributed by atoms with Crippen LogP contribution < -0.4 is 5.32 Å². The summed E-state index contributed by atoms with van der Waals surface area (Å²) in [6.07, 6.45) is -5.89. The Morgan fingerprint density at radius 3 is 2.28 bits per heavy atom. The third-order valence-corrected chi connectivity index (χ3v) is 3.76. The van der Waals surface area contributed by atoms with Crippen LogP contribution in [0.15, 0.2) is 0 Å². The van der Waals surface area contributed by atoms with Gasteiger partial charge in [0.25, 0.3) is 0 Å². The fraction of sp³-hybridized carbons (Fsp3) is 0.800. The molecule has 1 aliphatic rings. The standard InChI is InChI=1S/C10H14F3NO3S/c11-10(12,13)2-1-7(15)14-9(8(16)17)3-5-18-6-4-9/h1-6H2,(H,14,15)(H,16,17). The molecule has 1 amide bonds. The molecule has 8 heteroatoms. The number of rotatable bonds is 4. The number of thioether (sulfide) groups is 1. The van der Waals surface area contributed by atoms with Crippen molar-refractivity contribution in [3.05, 3.63) is 0 Å². The number of hydrogen-bond acceptors (Lipinski definition) is 3. The lowest BCUT2D eigenvalue weighted by molar-refractivity contribution is -0.151. The van der Waals surface area contributed by atoms with Gasteiger partial charge in [0.1, 0.15) is 5.54 Å². The van der Waals surface area contributed by atoms with Gasteiger partial charge in [-0.3, -0.25) is 4.79 Å². The van der Waals surface area contributed by atoms with Gasteiger partial charge in [-0.2, -0.15) is 24.9 Å². The van der Waals surface area contributed by atoms with Crippen molar-refractivity contribution in [3.8, 4) is 0 Å². The Kier molecular flexibility index (Phi) is 4.89. The van der Waals surface area contributed by atoms with Gasteiger partial charge in [-0.25, -0.2) is 4.79 Å². The van der Waals surface area contributed by atoms with Gasteiger partial charge in [0.15, 0.2) is 0 Å². The topological polar surface area (TPSA) is 66.4 Å². The molecule has 0 aliphatic carbocycles. The van der Waals surface area contributed by atoms with Crippen molar-refractivity contribution in [3.63, 3.8) is 0 Å². The summed E-state index contributed by atoms with van der Waals surface area (Å²) in [5.74, 6) is -0.887. The van der Waals surface area contributed by atoms with Crippen molar-refractivity contribution in [2.75, 3.05) is 11.5 Å². The zero-order valence-corrected chi connectivity index (χ0v) is 10.4. The number of halogens is 3. The summed E-state index contributed by atoms with van der Waals surface area (Å²) in [5.41, 5.74) is -1.39. The summed E-state index contributed by atoms with van der Waals surface area (Å²) in [7, 11) is 0. The third kappa shape index (κ3) is 4.40. The van der Waals surface area contributed by atoms with Crippen LogP contribution in [0, 0.1) is 0 Å². The average Bonchev–Trinajstić information content (AvgIpc) is 2.26. The molecule has 18 heavy (non-hydrogen) atoms. The van der Waals surface area contributed by atoms with E-state index in [1.165, 1.54) is 0 Å². The van der Waals surface area contributed by atoms with E-state index >= 15 is 0 Å². The van der Waals surface area contributed by atoms with E-state index < -0.39 is 36.4 Å². The molecule has 4 nitrogen and oxygen atoms in total. The van der Waals surface area contributed by atoms with Gasteiger partial charge in [0.2, 0.25) is 5.91 Å². The molecule has 0 bridgehead atoms. The summed E-state index contributed by atoms with van der Waals surface area (Å²) >= 11 is 1.56. The maximum atomic E-state index is 11.9. The smallest absolute Gasteiger partial charge is 0.389 e. The zero-order valence-electron chi connectivity index (χ0n) is 9.55. The largest absolute Gasteiger partial charge is 0.480 e. The van der Waals surface area contributed by atoms with Crippen molar-refractivity contribution in [1.82, 2.24) is 5.32 Å². The Hall–Kier alpha value is -0.920. The van der Waals surface area contributed by atoms with Crippen LogP contribution in [-0.4, -0.2) is 40.2 Å². The molecular formula is C10H14F3NO3S. The average molecular weight is 285 g/mol. The van der Waals surface area contributed by atoms with E-state index in [0.29, 0.717) is 11.5 Å². The Morgan fingerprint density at radius 1 is 1.28 bits per heavy atom. The summed E-state index contributed by atoms with van der Waals surface area (Å²) in [6, 6.07) is 0. The molecule has 0 saturated carbocycles. The number of nitrogens with one attached hydrogen (secondary N) is 1. The molecule has 1 fully saturated rings. The monoisotopic (exact) mass is 285 g/mol. The second kappa shape index (κ2) is 5.81. The van der Waals surface area contributed by atoms with Crippen LogP contribution in [0.3, 0.4) is 0 Å². The van der Waals surface area contributed by atoms with E-state index in [2.05, 4.69) is 5.32 Å². The molecule has 0 aromatic rings. The molecule has 0 atom stereocenters. The Bertz CT molecular complexity index is 327. The molecule has 1 aliphatic heterocycles. The minimum absolute atomic E-state index is 0.241. The van der Waals surface area contributed by atoms with E-state index in [1.807, 2.05) is 0 Å². The highest BCUT2D eigenvalue weighted by molar-refractivity contribution is 7.99. The molecule has 0 radical (unpaired) electrons. The molecule has 0 aromatic heterocycles. The second-order valence-electron chi connectivity index (χ2n) is 4.16. The number of carbonyl (C=O) groups excluding carboxylic acids is 1. The molecule has 0 spiro atoms. The minimum atomic E-state index is -4.41. The van der Waals surface area contributed by atoms with Crippen LogP contribution in [-0.2, 0) is 9.59 Å². The first kappa shape index (κ1) is 15.1. The van der Waals surface area contributed by atoms with Gasteiger partial charge >= 0.3 is 12.1 Å². The number of alkyl halides is 3. The highest BCUT2D eigenvalue weighted by Gasteiger charge is 2.41. The highest BCUT2D eigenvalue weighted by atomic mass is 32.2. The van der Waals surface area contributed by atoms with Crippen molar-refractivity contribution in [2.24, 2.45) is 0 Å². The molecule has 0 aromatic carbocycles. The predicted molar refractivity (Wildman–Crippen MR) is 60.4 cm³/mol. The number of aliphatic carboxylic acids is 1. The quantitative estimate of drug-likeness (QED) is 0.826. The molecule has 1 saturated heterocycles. The number of carbonyl (C=O) groups is 2. The second-order valence-corrected chi connectivity index (χ2v) is 5.39. The zero-order chi connectivity index (χ0) is 13.8. The van der Waals surface area contributed by atoms with E-state index in [1.54, 1.807) is 11.8 Å². The van der Waals surface area contributed by atoms with Gasteiger partial charge in [-0.15, -0.1) is 0 Å². The normalized spacial score (nSPS) is 19.3. The lowest BCUT2D eigenvalue weighted by Gasteiger charge is -2.33. The number of hydrogen-bond donors (Lipinski definition) is 2. The predicted octanol–water partition coefficient (Wildman–Crippen LogP) is 1.80. The lowest BCUT2D eigenvalue weighted by Crippen LogP contribution is -2.56. The van der Waals surface area contributed by atoms with Gasteiger partial charge in [0.05, 0.1) is 6.42 Å². The Labute approximate surface area is 106 Å². The number of carboxylic acid groups (broad SMARTS) is 1. The minimum Gasteiger partial charge on any atom is -0.480 e. The van der Waals surface area contributed by atoms with Crippen molar-refractivity contribution in [1.29, 1.82) is 0 Å². The summed E-state index contributed by atoms with van der Waals surface area (Å²) < 4.78 is 35.8. The third-order valence-electron chi connectivity index (χ3n) is 2.77. The van der Waals surface area contributed by atoms with Crippen molar-refractivity contribution < 1.29 is 27.9 Å². The van der Waals surface area contributed by atoms with Gasteiger partial charge in [-0.05, 0) is 24.3 Å². The molecule has 0 unspecified atom stereocenters. The molecule has 1 heterocycles. The van der Waals surface area contributed by atoms with E-state index in [-0.39, 0.29) is 12.8 Å². The van der Waals surface area contributed by atoms with Crippen LogP contribution >= 0.6 is 11.8 Å². The van der Waals surface area contributed by atoms with Crippen molar-refractivity contribution in [2.45, 2.75) is 37.4 Å². The SMILES string of the molecule is O=C(CCC(F)(F)F)NC1(C(=O)O)CCSCC1. The van der Waals surface area contributed by atoms with Gasteiger partial charge in [-0.1, -0.05) is 0 Å². The summed E-state index contributed by atoms with van der Waals surface area (Å²) in [4.78, 5) is 22.6. The maximum absolute atomic E-state index is 11.9. The first-order valence-corrected chi connectivity index (χ1v) is 6.60. The number of carboxylic acids is 1. The van der Waals surface area contributed by atoms with E-state index in [4.69, 9.17) is 5.11 Å². The van der Waals surface area contributed by atoms with Crippen molar-refractivity contribution >= 4 is 23.6 Å². The van der Waals surface area contributed by atoms with Gasteiger partial charge in [0, 0.05) is 6.42 Å². The first-order chi connectivity index (χ1) is 8.25. The van der Waals surface area contributed by atoms with Crippen LogP contribution in [0.5, 0.6) is 0 Å². The van der Waals surface area contributed by atoms with E-state index in [0.717, 1.165) is 0 Å². The fourth-order valence-electron chi connectivity index (χ4n) is 1.70. The van der Waals surface area contributed by atoms with Crippen LogP contribution in [0.4, 0.5) is 13.2 Å². The molecule has 2 N–H and O–H groups in total. The maximum Gasteiger partial charge on any atom is 0.389 e. The van der Waals surface area contributed by atoms with Crippen LogP contribution in [0.2, 0.25) is 0 Å². The first-order valence-electron chi connectivity index (χ1n) is 5.44.